The first-order chi connectivity index (χ1) is 10.5. The van der Waals surface area contributed by atoms with E-state index in [1.807, 2.05) is 31.2 Å². The van der Waals surface area contributed by atoms with E-state index in [-0.39, 0.29) is 11.8 Å². The Morgan fingerprint density at radius 3 is 2.95 bits per heavy atom. The summed E-state index contributed by atoms with van der Waals surface area (Å²) in [6.07, 6.45) is 0.945. The van der Waals surface area contributed by atoms with Crippen LogP contribution in [0.2, 0.25) is 0 Å². The molecule has 0 aromatic heterocycles. The standard InChI is InChI=1S/C16H21BrN2O3/c1-16(15(21)18-8-9-22-2)7-6-14(20)19(16)11-12-4-3-5-13(17)10-12/h3-5,10H,6-9,11H2,1-2H3,(H,18,21)/t16-/m0/s1. The molecule has 22 heavy (non-hydrogen) atoms. The van der Waals surface area contributed by atoms with Gasteiger partial charge in [-0.3, -0.25) is 9.59 Å². The monoisotopic (exact) mass is 368 g/mol. The lowest BCUT2D eigenvalue weighted by molar-refractivity contribution is -0.141. The molecule has 1 aliphatic rings. The minimum Gasteiger partial charge on any atom is -0.383 e. The molecule has 0 bridgehead atoms. The van der Waals surface area contributed by atoms with Gasteiger partial charge in [-0.1, -0.05) is 28.1 Å². The molecule has 0 saturated carbocycles. The Balaban J connectivity index is 2.12. The molecule has 1 atom stereocenters. The van der Waals surface area contributed by atoms with Gasteiger partial charge in [-0.2, -0.15) is 0 Å². The largest absolute Gasteiger partial charge is 0.383 e. The highest BCUT2D eigenvalue weighted by atomic mass is 79.9. The third-order valence-corrected chi connectivity index (χ3v) is 4.53. The molecule has 1 saturated heterocycles. The van der Waals surface area contributed by atoms with Crippen LogP contribution in [0.5, 0.6) is 0 Å². The number of carbonyl (C=O) groups excluding carboxylic acids is 2. The molecule has 1 aliphatic heterocycles. The number of benzene rings is 1. The van der Waals surface area contributed by atoms with Crippen molar-refractivity contribution in [3.05, 3.63) is 34.3 Å². The quantitative estimate of drug-likeness (QED) is 0.782. The Kier molecular flexibility index (Phi) is 5.58. The highest BCUT2D eigenvalue weighted by Gasteiger charge is 2.46. The van der Waals surface area contributed by atoms with Crippen molar-refractivity contribution in [1.82, 2.24) is 10.2 Å². The maximum absolute atomic E-state index is 12.5. The summed E-state index contributed by atoms with van der Waals surface area (Å²) in [5, 5.41) is 2.85. The summed E-state index contributed by atoms with van der Waals surface area (Å²) >= 11 is 3.43. The lowest BCUT2D eigenvalue weighted by atomic mass is 9.97. The molecule has 120 valence electrons. The Bertz CT molecular complexity index is 564. The van der Waals surface area contributed by atoms with Gasteiger partial charge in [0.05, 0.1) is 6.61 Å². The number of halogens is 1. The Morgan fingerprint density at radius 2 is 2.27 bits per heavy atom. The van der Waals surface area contributed by atoms with Crippen LogP contribution in [0.4, 0.5) is 0 Å². The average molecular weight is 369 g/mol. The summed E-state index contributed by atoms with van der Waals surface area (Å²) in [4.78, 5) is 26.4. The maximum atomic E-state index is 12.5. The maximum Gasteiger partial charge on any atom is 0.245 e. The third kappa shape index (κ3) is 3.67. The average Bonchev–Trinajstić information content (AvgIpc) is 2.77. The van der Waals surface area contributed by atoms with Crippen LogP contribution in [0, 0.1) is 0 Å². The number of nitrogens with one attached hydrogen (secondary N) is 1. The number of likely N-dealkylation sites (tertiary alicyclic amines) is 1. The smallest absolute Gasteiger partial charge is 0.245 e. The molecule has 0 spiro atoms. The zero-order valence-corrected chi connectivity index (χ0v) is 14.5. The number of hydrogen-bond donors (Lipinski definition) is 1. The molecule has 0 unspecified atom stereocenters. The van der Waals surface area contributed by atoms with Crippen LogP contribution in [0.15, 0.2) is 28.7 Å². The summed E-state index contributed by atoms with van der Waals surface area (Å²) in [6.45, 7) is 3.18. The number of carbonyl (C=O) groups is 2. The summed E-state index contributed by atoms with van der Waals surface area (Å²) in [5.41, 5.74) is 0.202. The van der Waals surface area contributed by atoms with Crippen LogP contribution in [-0.2, 0) is 20.9 Å². The first kappa shape index (κ1) is 17.0. The van der Waals surface area contributed by atoms with Gasteiger partial charge in [0.1, 0.15) is 5.54 Å². The van der Waals surface area contributed by atoms with E-state index >= 15 is 0 Å². The molecular formula is C16H21BrN2O3. The van der Waals surface area contributed by atoms with Gasteiger partial charge in [0.15, 0.2) is 0 Å². The molecule has 1 aromatic carbocycles. The second-order valence-electron chi connectivity index (χ2n) is 5.63. The third-order valence-electron chi connectivity index (χ3n) is 4.03. The fourth-order valence-electron chi connectivity index (χ4n) is 2.67. The van der Waals surface area contributed by atoms with Crippen LogP contribution in [0.3, 0.4) is 0 Å². The Morgan fingerprint density at radius 1 is 1.50 bits per heavy atom. The van der Waals surface area contributed by atoms with Crippen molar-refractivity contribution < 1.29 is 14.3 Å². The van der Waals surface area contributed by atoms with Crippen LogP contribution in [0.25, 0.3) is 0 Å². The van der Waals surface area contributed by atoms with E-state index in [0.29, 0.717) is 32.5 Å². The number of amides is 2. The van der Waals surface area contributed by atoms with Crippen molar-refractivity contribution in [3.63, 3.8) is 0 Å². The van der Waals surface area contributed by atoms with Gasteiger partial charge in [-0.15, -0.1) is 0 Å². The number of ether oxygens (including phenoxy) is 1. The second-order valence-corrected chi connectivity index (χ2v) is 6.55. The van der Waals surface area contributed by atoms with Gasteiger partial charge in [0.25, 0.3) is 0 Å². The minimum absolute atomic E-state index is 0.0179. The number of rotatable bonds is 6. The predicted octanol–water partition coefficient (Wildman–Crippen LogP) is 2.09. The lowest BCUT2D eigenvalue weighted by Gasteiger charge is -2.34. The van der Waals surface area contributed by atoms with Gasteiger partial charge in [-0.25, -0.2) is 0 Å². The van der Waals surface area contributed by atoms with Crippen molar-refractivity contribution in [1.29, 1.82) is 0 Å². The van der Waals surface area contributed by atoms with Gasteiger partial charge >= 0.3 is 0 Å². The van der Waals surface area contributed by atoms with Crippen molar-refractivity contribution in [2.24, 2.45) is 0 Å². The van der Waals surface area contributed by atoms with Gasteiger partial charge in [0.2, 0.25) is 11.8 Å². The van der Waals surface area contributed by atoms with E-state index in [1.54, 1.807) is 12.0 Å². The van der Waals surface area contributed by atoms with E-state index in [2.05, 4.69) is 21.2 Å². The highest BCUT2D eigenvalue weighted by molar-refractivity contribution is 9.10. The van der Waals surface area contributed by atoms with Gasteiger partial charge in [-0.05, 0) is 31.0 Å². The fourth-order valence-corrected chi connectivity index (χ4v) is 3.12. The predicted molar refractivity (Wildman–Crippen MR) is 87.2 cm³/mol. The first-order valence-corrected chi connectivity index (χ1v) is 8.09. The number of nitrogens with zero attached hydrogens (tertiary/aromatic N) is 1. The lowest BCUT2D eigenvalue weighted by Crippen LogP contribution is -2.54. The van der Waals surface area contributed by atoms with Gasteiger partial charge in [0, 0.05) is 31.1 Å². The SMILES string of the molecule is COCCNC(=O)[C@]1(C)CCC(=O)N1Cc1cccc(Br)c1. The molecule has 1 aromatic rings. The molecule has 1 fully saturated rings. The summed E-state index contributed by atoms with van der Waals surface area (Å²) in [5.74, 6) is -0.102. The number of hydrogen-bond acceptors (Lipinski definition) is 3. The van der Waals surface area contributed by atoms with E-state index < -0.39 is 5.54 Å². The molecule has 6 heteroatoms. The van der Waals surface area contributed by atoms with Crippen molar-refractivity contribution in [2.75, 3.05) is 20.3 Å². The van der Waals surface area contributed by atoms with Gasteiger partial charge < -0.3 is 15.0 Å². The molecule has 0 radical (unpaired) electrons. The molecule has 2 amide bonds. The van der Waals surface area contributed by atoms with E-state index in [0.717, 1.165) is 10.0 Å². The fraction of sp³-hybridized carbons (Fsp3) is 0.500. The van der Waals surface area contributed by atoms with Crippen LogP contribution in [-0.4, -0.2) is 42.5 Å². The summed E-state index contributed by atoms with van der Waals surface area (Å²) < 4.78 is 5.91. The zero-order chi connectivity index (χ0) is 16.2. The van der Waals surface area contributed by atoms with E-state index in [4.69, 9.17) is 4.74 Å². The molecule has 1 N–H and O–H groups in total. The van der Waals surface area contributed by atoms with E-state index in [1.165, 1.54) is 0 Å². The Hall–Kier alpha value is -1.40. The molecule has 1 heterocycles. The van der Waals surface area contributed by atoms with Crippen LogP contribution >= 0.6 is 15.9 Å². The Labute approximate surface area is 139 Å². The molecular weight excluding hydrogens is 348 g/mol. The topological polar surface area (TPSA) is 58.6 Å². The van der Waals surface area contributed by atoms with E-state index in [9.17, 15) is 9.59 Å². The van der Waals surface area contributed by atoms with Crippen molar-refractivity contribution in [3.8, 4) is 0 Å². The summed E-state index contributed by atoms with van der Waals surface area (Å²) in [7, 11) is 1.59. The highest BCUT2D eigenvalue weighted by Crippen LogP contribution is 2.32. The second kappa shape index (κ2) is 7.24. The van der Waals surface area contributed by atoms with Crippen molar-refractivity contribution >= 4 is 27.7 Å². The zero-order valence-electron chi connectivity index (χ0n) is 12.9. The molecule has 0 aliphatic carbocycles. The summed E-state index contributed by atoms with van der Waals surface area (Å²) in [6, 6.07) is 7.79. The molecule has 5 nitrogen and oxygen atoms in total. The minimum atomic E-state index is -0.798. The normalized spacial score (nSPS) is 21.2. The number of methoxy groups -OCH3 is 1. The van der Waals surface area contributed by atoms with Crippen LogP contribution in [0.1, 0.15) is 25.3 Å². The molecule has 2 rings (SSSR count). The van der Waals surface area contributed by atoms with Crippen LogP contribution < -0.4 is 5.32 Å². The first-order valence-electron chi connectivity index (χ1n) is 7.29. The van der Waals surface area contributed by atoms with Crippen molar-refractivity contribution in [2.45, 2.75) is 31.8 Å².